The maximum atomic E-state index is 13.1. The molecule has 0 aliphatic heterocycles. The molecule has 6 rings (SSSR count). The molecule has 0 heterocycles. The van der Waals surface area contributed by atoms with Gasteiger partial charge in [-0.05, 0) is 78.7 Å². The molecule has 0 spiro atoms. The predicted octanol–water partition coefficient (Wildman–Crippen LogP) is 10.5. The maximum absolute atomic E-state index is 13.1. The van der Waals surface area contributed by atoms with Crippen molar-refractivity contribution < 1.29 is 13.2 Å². The lowest BCUT2D eigenvalue weighted by molar-refractivity contribution is -0.137. The van der Waals surface area contributed by atoms with Gasteiger partial charge in [0.15, 0.2) is 0 Å². The molecule has 0 aliphatic rings. The Morgan fingerprint density at radius 3 is 1.36 bits per heavy atom. The second-order valence-corrected chi connectivity index (χ2v) is 8.77. The molecule has 6 aromatic carbocycles. The highest BCUT2D eigenvalue weighted by atomic mass is 19.4. The molecule has 0 amide bonds. The average molecular weight is 481 g/mol. The highest BCUT2D eigenvalue weighted by Gasteiger charge is 2.30. The molecular weight excluding hydrogens is 453 g/mol. The van der Waals surface area contributed by atoms with Gasteiger partial charge in [0, 0.05) is 0 Å². The Kier molecular flexibility index (Phi) is 6.17. The van der Waals surface area contributed by atoms with Gasteiger partial charge < -0.3 is 0 Å². The molecule has 0 unspecified atom stereocenters. The molecule has 0 aliphatic carbocycles. The third-order valence-corrected chi connectivity index (χ3v) is 6.86. The first-order chi connectivity index (χ1) is 17.4. The number of hydrogen-bond acceptors (Lipinski definition) is 0. The lowest BCUT2D eigenvalue weighted by atomic mass is 9.87. The molecule has 3 heteroatoms. The number of halogens is 3. The summed E-state index contributed by atoms with van der Waals surface area (Å²) in [5.74, 6) is 0. The molecule has 0 aromatic heterocycles. The zero-order valence-electron chi connectivity index (χ0n) is 20.6. The minimum absolute atomic E-state index is 0.632. The third kappa shape index (κ3) is 3.99. The third-order valence-electron chi connectivity index (χ3n) is 6.86. The summed E-state index contributed by atoms with van der Waals surface area (Å²) < 4.78 is 39.2. The average Bonchev–Trinajstić information content (AvgIpc) is 2.92. The van der Waals surface area contributed by atoms with Gasteiger partial charge in [-0.2, -0.15) is 13.2 Å². The van der Waals surface area contributed by atoms with Crippen LogP contribution in [0.25, 0.3) is 54.6 Å². The summed E-state index contributed by atoms with van der Waals surface area (Å²) in [5, 5.41) is 6.87. The van der Waals surface area contributed by atoms with Crippen molar-refractivity contribution in [3.63, 3.8) is 0 Å². The van der Waals surface area contributed by atoms with E-state index in [1.807, 2.05) is 19.9 Å². The standard InChI is InChI=1S/C31H21F3.C2H6/c1-2-19-3-5-20(6-4-19)25-15-9-22-12-18-28-26(21-7-13-24(14-8-21)31(32,33)34)16-10-23-11-17-27(25)29(22)30(23)28;1-2/h3-18H,2H2,1H3;1-2H3. The van der Waals surface area contributed by atoms with Gasteiger partial charge in [0.05, 0.1) is 5.56 Å². The van der Waals surface area contributed by atoms with E-state index in [1.165, 1.54) is 27.5 Å². The first-order valence-corrected chi connectivity index (χ1v) is 12.4. The molecule has 0 nitrogen and oxygen atoms in total. The molecule has 6 aromatic rings. The van der Waals surface area contributed by atoms with E-state index in [1.54, 1.807) is 12.1 Å². The molecule has 0 saturated heterocycles. The Balaban J connectivity index is 0.00000130. The van der Waals surface area contributed by atoms with Crippen LogP contribution in [0.15, 0.2) is 97.1 Å². The molecule has 36 heavy (non-hydrogen) atoms. The summed E-state index contributed by atoms with van der Waals surface area (Å²) in [7, 11) is 0. The van der Waals surface area contributed by atoms with E-state index in [-0.39, 0.29) is 0 Å². The molecule has 180 valence electrons. The second-order valence-electron chi connectivity index (χ2n) is 8.77. The zero-order chi connectivity index (χ0) is 25.4. The van der Waals surface area contributed by atoms with E-state index in [0.29, 0.717) is 0 Å². The van der Waals surface area contributed by atoms with E-state index in [2.05, 4.69) is 73.7 Å². The van der Waals surface area contributed by atoms with Crippen molar-refractivity contribution in [2.75, 3.05) is 0 Å². The van der Waals surface area contributed by atoms with Crippen LogP contribution in [0, 0.1) is 0 Å². The van der Waals surface area contributed by atoms with Crippen LogP contribution in [0.1, 0.15) is 31.9 Å². The van der Waals surface area contributed by atoms with Crippen molar-refractivity contribution in [2.24, 2.45) is 0 Å². The van der Waals surface area contributed by atoms with Crippen LogP contribution >= 0.6 is 0 Å². The Bertz CT molecular complexity index is 1640. The fourth-order valence-corrected chi connectivity index (χ4v) is 5.06. The minimum atomic E-state index is -4.34. The molecule has 0 radical (unpaired) electrons. The topological polar surface area (TPSA) is 0 Å². The van der Waals surface area contributed by atoms with Gasteiger partial charge in [-0.15, -0.1) is 0 Å². The molecule has 0 bridgehead atoms. The molecule has 0 atom stereocenters. The summed E-state index contributed by atoms with van der Waals surface area (Å²) in [4.78, 5) is 0. The lowest BCUT2D eigenvalue weighted by Gasteiger charge is -2.17. The van der Waals surface area contributed by atoms with E-state index in [4.69, 9.17) is 0 Å². The van der Waals surface area contributed by atoms with Gasteiger partial charge in [-0.1, -0.05) is 106 Å². The number of rotatable bonds is 3. The Labute approximate surface area is 209 Å². The molecule has 0 N–H and O–H groups in total. The van der Waals surface area contributed by atoms with Crippen LogP contribution in [0.4, 0.5) is 13.2 Å². The number of aryl methyl sites for hydroxylation is 1. The normalized spacial score (nSPS) is 11.7. The number of benzene rings is 6. The highest BCUT2D eigenvalue weighted by molar-refractivity contribution is 6.27. The quantitative estimate of drug-likeness (QED) is 0.221. The van der Waals surface area contributed by atoms with Crippen LogP contribution in [0.5, 0.6) is 0 Å². The van der Waals surface area contributed by atoms with Crippen molar-refractivity contribution in [2.45, 2.75) is 33.4 Å². The lowest BCUT2D eigenvalue weighted by Crippen LogP contribution is -2.04. The van der Waals surface area contributed by atoms with Gasteiger partial charge in [0.1, 0.15) is 0 Å². The summed E-state index contributed by atoms with van der Waals surface area (Å²) in [6.07, 6.45) is -3.33. The van der Waals surface area contributed by atoms with Gasteiger partial charge in [-0.3, -0.25) is 0 Å². The highest BCUT2D eigenvalue weighted by Crippen LogP contribution is 2.42. The number of hydrogen-bond donors (Lipinski definition) is 0. The van der Waals surface area contributed by atoms with Crippen molar-refractivity contribution in [3.8, 4) is 22.3 Å². The van der Waals surface area contributed by atoms with Gasteiger partial charge in [0.2, 0.25) is 0 Å². The second kappa shape index (κ2) is 9.31. The SMILES string of the molecule is CC.CCc1ccc(-c2ccc3ccc4c(-c5ccc(C(F)(F)F)cc5)ccc5ccc2c3c54)cc1. The van der Waals surface area contributed by atoms with Crippen molar-refractivity contribution >= 4 is 32.3 Å². The fraction of sp³-hybridized carbons (Fsp3) is 0.152. The van der Waals surface area contributed by atoms with Gasteiger partial charge in [0.25, 0.3) is 0 Å². The largest absolute Gasteiger partial charge is 0.416 e. The van der Waals surface area contributed by atoms with Crippen molar-refractivity contribution in [1.82, 2.24) is 0 Å². The first-order valence-electron chi connectivity index (χ1n) is 12.4. The van der Waals surface area contributed by atoms with E-state index in [9.17, 15) is 13.2 Å². The Morgan fingerprint density at radius 2 is 0.944 bits per heavy atom. The molecule has 0 fully saturated rings. The van der Waals surface area contributed by atoms with E-state index < -0.39 is 11.7 Å². The van der Waals surface area contributed by atoms with Crippen molar-refractivity contribution in [3.05, 3.63) is 108 Å². The fourth-order valence-electron chi connectivity index (χ4n) is 5.06. The number of alkyl halides is 3. The van der Waals surface area contributed by atoms with Crippen LogP contribution in [0.2, 0.25) is 0 Å². The van der Waals surface area contributed by atoms with Crippen LogP contribution in [-0.4, -0.2) is 0 Å². The van der Waals surface area contributed by atoms with Gasteiger partial charge in [-0.25, -0.2) is 0 Å². The maximum Gasteiger partial charge on any atom is 0.416 e. The first kappa shape index (κ1) is 23.9. The Hall–Kier alpha value is -3.85. The summed E-state index contributed by atoms with van der Waals surface area (Å²) in [5.41, 5.74) is 4.76. The smallest absolute Gasteiger partial charge is 0.166 e. The van der Waals surface area contributed by atoms with Crippen LogP contribution in [-0.2, 0) is 12.6 Å². The summed E-state index contributed by atoms with van der Waals surface area (Å²) in [6, 6.07) is 31.1. The molecule has 0 saturated carbocycles. The van der Waals surface area contributed by atoms with E-state index in [0.717, 1.165) is 51.2 Å². The van der Waals surface area contributed by atoms with Gasteiger partial charge >= 0.3 is 6.18 Å². The minimum Gasteiger partial charge on any atom is -0.166 e. The van der Waals surface area contributed by atoms with Crippen molar-refractivity contribution in [1.29, 1.82) is 0 Å². The Morgan fingerprint density at radius 1 is 0.528 bits per heavy atom. The van der Waals surface area contributed by atoms with E-state index >= 15 is 0 Å². The van der Waals surface area contributed by atoms with Crippen LogP contribution in [0.3, 0.4) is 0 Å². The summed E-state index contributed by atoms with van der Waals surface area (Å²) in [6.45, 7) is 6.15. The monoisotopic (exact) mass is 480 g/mol. The molecular formula is C33H27F3. The zero-order valence-corrected chi connectivity index (χ0v) is 20.6. The predicted molar refractivity (Wildman–Crippen MR) is 147 cm³/mol. The van der Waals surface area contributed by atoms with Crippen LogP contribution < -0.4 is 0 Å². The summed E-state index contributed by atoms with van der Waals surface area (Å²) >= 11 is 0.